The topological polar surface area (TPSA) is 43.9 Å². The number of nitrogens with zero attached hydrogens (tertiary/aromatic N) is 3. The van der Waals surface area contributed by atoms with Gasteiger partial charge in [-0.15, -0.1) is 0 Å². The van der Waals surface area contributed by atoms with E-state index in [0.29, 0.717) is 18.3 Å². The molecule has 0 aliphatic rings. The second kappa shape index (κ2) is 3.69. The van der Waals surface area contributed by atoms with E-state index in [1.165, 1.54) is 12.1 Å². The number of halogens is 1. The van der Waals surface area contributed by atoms with Crippen LogP contribution in [-0.4, -0.2) is 14.7 Å². The van der Waals surface area contributed by atoms with Gasteiger partial charge in [0.1, 0.15) is 5.82 Å². The molecule has 3 aromatic rings. The lowest BCUT2D eigenvalue weighted by Gasteiger charge is -2.01. The normalized spacial score (nSPS) is 11.2. The van der Waals surface area contributed by atoms with Crippen molar-refractivity contribution in [1.82, 2.24) is 14.7 Å². The van der Waals surface area contributed by atoms with Crippen LogP contribution in [0.1, 0.15) is 11.7 Å². The number of benzene rings is 1. The molecule has 86 valence electrons. The minimum atomic E-state index is -0.248. The number of fused-ring (bicyclic) bond motifs is 1. The first-order valence-electron chi connectivity index (χ1n) is 5.26. The van der Waals surface area contributed by atoms with Crippen LogP contribution in [-0.2, 0) is 6.54 Å². The number of hydrogen-bond acceptors (Lipinski definition) is 3. The molecule has 1 aromatic carbocycles. The summed E-state index contributed by atoms with van der Waals surface area (Å²) >= 11 is 0. The first-order valence-corrected chi connectivity index (χ1v) is 5.26. The molecule has 5 heteroatoms. The van der Waals surface area contributed by atoms with Crippen molar-refractivity contribution in [1.29, 1.82) is 0 Å². The van der Waals surface area contributed by atoms with Crippen LogP contribution < -0.4 is 0 Å². The van der Waals surface area contributed by atoms with E-state index < -0.39 is 0 Å². The number of aryl methyl sites for hydroxylation is 1. The Morgan fingerprint density at radius 1 is 1.35 bits per heavy atom. The standard InChI is InChI=1S/C12H10FN3O/c1-8-14-12(15-17-8)7-16-5-4-9-2-3-10(13)6-11(9)16/h2-6H,7H2,1H3. The number of aromatic nitrogens is 3. The second-order valence-electron chi connectivity index (χ2n) is 3.88. The summed E-state index contributed by atoms with van der Waals surface area (Å²) in [5.74, 6) is 0.869. The zero-order valence-corrected chi connectivity index (χ0v) is 9.22. The third-order valence-corrected chi connectivity index (χ3v) is 2.62. The lowest BCUT2D eigenvalue weighted by Crippen LogP contribution is -1.99. The Bertz CT molecular complexity index is 671. The SMILES string of the molecule is Cc1nc(Cn2ccc3ccc(F)cc32)no1. The highest BCUT2D eigenvalue weighted by Gasteiger charge is 2.06. The molecule has 2 aromatic heterocycles. The van der Waals surface area contributed by atoms with E-state index in [0.717, 1.165) is 10.9 Å². The van der Waals surface area contributed by atoms with E-state index in [9.17, 15) is 4.39 Å². The smallest absolute Gasteiger partial charge is 0.223 e. The molecule has 0 unspecified atom stereocenters. The van der Waals surface area contributed by atoms with E-state index in [4.69, 9.17) is 4.52 Å². The molecule has 0 aliphatic carbocycles. The molecule has 0 saturated carbocycles. The molecule has 3 rings (SSSR count). The van der Waals surface area contributed by atoms with Gasteiger partial charge in [0.15, 0.2) is 5.82 Å². The summed E-state index contributed by atoms with van der Waals surface area (Å²) in [6.45, 7) is 2.22. The zero-order chi connectivity index (χ0) is 11.8. The van der Waals surface area contributed by atoms with Crippen molar-refractivity contribution >= 4 is 10.9 Å². The van der Waals surface area contributed by atoms with Crippen LogP contribution in [0.2, 0.25) is 0 Å². The van der Waals surface area contributed by atoms with E-state index in [2.05, 4.69) is 10.1 Å². The fourth-order valence-electron chi connectivity index (χ4n) is 1.85. The van der Waals surface area contributed by atoms with Crippen LogP contribution in [0, 0.1) is 12.7 Å². The van der Waals surface area contributed by atoms with E-state index in [-0.39, 0.29) is 5.82 Å². The average Bonchev–Trinajstić information content (AvgIpc) is 2.87. The monoisotopic (exact) mass is 231 g/mol. The predicted octanol–water partition coefficient (Wildman–Crippen LogP) is 2.52. The summed E-state index contributed by atoms with van der Waals surface area (Å²) in [5, 5.41) is 4.81. The number of rotatable bonds is 2. The maximum atomic E-state index is 13.2. The maximum Gasteiger partial charge on any atom is 0.223 e. The van der Waals surface area contributed by atoms with Gasteiger partial charge in [-0.05, 0) is 29.7 Å². The Kier molecular flexibility index (Phi) is 2.18. The zero-order valence-electron chi connectivity index (χ0n) is 9.22. The van der Waals surface area contributed by atoms with Crippen molar-refractivity contribution in [2.24, 2.45) is 0 Å². The van der Waals surface area contributed by atoms with Crippen LogP contribution in [0.5, 0.6) is 0 Å². The van der Waals surface area contributed by atoms with Crippen molar-refractivity contribution in [3.05, 3.63) is 48.0 Å². The van der Waals surface area contributed by atoms with Gasteiger partial charge in [0.2, 0.25) is 5.89 Å². The average molecular weight is 231 g/mol. The van der Waals surface area contributed by atoms with Gasteiger partial charge in [-0.1, -0.05) is 5.16 Å². The quantitative estimate of drug-likeness (QED) is 0.680. The van der Waals surface area contributed by atoms with Gasteiger partial charge in [-0.3, -0.25) is 0 Å². The molecule has 0 aliphatic heterocycles. The lowest BCUT2D eigenvalue weighted by atomic mass is 10.2. The highest BCUT2D eigenvalue weighted by atomic mass is 19.1. The first kappa shape index (κ1) is 10.0. The summed E-state index contributed by atoms with van der Waals surface area (Å²) in [5.41, 5.74) is 0.826. The van der Waals surface area contributed by atoms with Crippen LogP contribution in [0.3, 0.4) is 0 Å². The lowest BCUT2D eigenvalue weighted by molar-refractivity contribution is 0.386. The summed E-state index contributed by atoms with van der Waals surface area (Å²) in [6.07, 6.45) is 1.88. The van der Waals surface area contributed by atoms with Crippen molar-refractivity contribution in [3.63, 3.8) is 0 Å². The van der Waals surface area contributed by atoms with Gasteiger partial charge in [0.05, 0.1) is 12.1 Å². The number of hydrogen-bond donors (Lipinski definition) is 0. The van der Waals surface area contributed by atoms with Crippen molar-refractivity contribution in [3.8, 4) is 0 Å². The molecule has 0 spiro atoms. The van der Waals surface area contributed by atoms with Gasteiger partial charge in [0.25, 0.3) is 0 Å². The van der Waals surface area contributed by atoms with E-state index in [1.807, 2.05) is 16.8 Å². The van der Waals surface area contributed by atoms with E-state index in [1.54, 1.807) is 13.0 Å². The van der Waals surface area contributed by atoms with Crippen LogP contribution >= 0.6 is 0 Å². The van der Waals surface area contributed by atoms with Crippen molar-refractivity contribution in [2.45, 2.75) is 13.5 Å². The molecular weight excluding hydrogens is 221 g/mol. The molecule has 0 saturated heterocycles. The summed E-state index contributed by atoms with van der Waals surface area (Å²) in [4.78, 5) is 4.12. The van der Waals surface area contributed by atoms with Crippen LogP contribution in [0.4, 0.5) is 4.39 Å². The Hall–Kier alpha value is -2.17. The third-order valence-electron chi connectivity index (χ3n) is 2.62. The van der Waals surface area contributed by atoms with Gasteiger partial charge < -0.3 is 9.09 Å². The summed E-state index contributed by atoms with van der Waals surface area (Å²) in [6, 6.07) is 6.64. The highest BCUT2D eigenvalue weighted by Crippen LogP contribution is 2.17. The Morgan fingerprint density at radius 3 is 3.00 bits per heavy atom. The molecule has 0 atom stereocenters. The molecular formula is C12H10FN3O. The Morgan fingerprint density at radius 2 is 2.24 bits per heavy atom. The fraction of sp³-hybridized carbons (Fsp3) is 0.167. The molecule has 0 fully saturated rings. The van der Waals surface area contributed by atoms with Gasteiger partial charge >= 0.3 is 0 Å². The van der Waals surface area contributed by atoms with Crippen LogP contribution in [0.15, 0.2) is 35.0 Å². The third kappa shape index (κ3) is 1.80. The first-order chi connectivity index (χ1) is 8.22. The highest BCUT2D eigenvalue weighted by molar-refractivity contribution is 5.80. The summed E-state index contributed by atoms with van der Waals surface area (Å²) in [7, 11) is 0. The maximum absolute atomic E-state index is 13.2. The van der Waals surface area contributed by atoms with Gasteiger partial charge in [-0.25, -0.2) is 4.39 Å². The Balaban J connectivity index is 2.03. The van der Waals surface area contributed by atoms with Crippen molar-refractivity contribution in [2.75, 3.05) is 0 Å². The fourth-order valence-corrected chi connectivity index (χ4v) is 1.85. The van der Waals surface area contributed by atoms with Gasteiger partial charge in [0, 0.05) is 13.1 Å². The minimum absolute atomic E-state index is 0.248. The van der Waals surface area contributed by atoms with Crippen molar-refractivity contribution < 1.29 is 8.91 Å². The molecule has 0 radical (unpaired) electrons. The van der Waals surface area contributed by atoms with Gasteiger partial charge in [-0.2, -0.15) is 4.98 Å². The van der Waals surface area contributed by atoms with E-state index >= 15 is 0 Å². The largest absolute Gasteiger partial charge is 0.340 e. The Labute approximate surface area is 96.7 Å². The molecule has 0 N–H and O–H groups in total. The molecule has 17 heavy (non-hydrogen) atoms. The second-order valence-corrected chi connectivity index (χ2v) is 3.88. The molecule has 0 amide bonds. The summed E-state index contributed by atoms with van der Waals surface area (Å²) < 4.78 is 20.0. The van der Waals surface area contributed by atoms with Crippen LogP contribution in [0.25, 0.3) is 10.9 Å². The molecule has 0 bridgehead atoms. The minimum Gasteiger partial charge on any atom is -0.340 e. The molecule has 4 nitrogen and oxygen atoms in total. The molecule has 2 heterocycles. The predicted molar refractivity (Wildman–Crippen MR) is 60.0 cm³/mol.